The number of halogens is 1. The third-order valence-electron chi connectivity index (χ3n) is 4.56. The van der Waals surface area contributed by atoms with Gasteiger partial charge in [0.1, 0.15) is 5.56 Å². The van der Waals surface area contributed by atoms with E-state index in [4.69, 9.17) is 11.6 Å². The molecule has 0 aliphatic carbocycles. The number of aryl methyl sites for hydroxylation is 1. The lowest BCUT2D eigenvalue weighted by atomic mass is 10.1. The van der Waals surface area contributed by atoms with Crippen LogP contribution in [0.25, 0.3) is 16.2 Å². The molecule has 7 heteroatoms. The van der Waals surface area contributed by atoms with Crippen LogP contribution >= 0.6 is 22.9 Å². The molecular formula is C21H19ClN4OS. The van der Waals surface area contributed by atoms with Gasteiger partial charge >= 0.3 is 0 Å². The van der Waals surface area contributed by atoms with E-state index < -0.39 is 0 Å². The van der Waals surface area contributed by atoms with Crippen LogP contribution in [0.15, 0.2) is 60.9 Å². The second-order valence-electron chi connectivity index (χ2n) is 6.63. The number of hydrogen-bond acceptors (Lipinski definition) is 4. The van der Waals surface area contributed by atoms with E-state index in [1.165, 1.54) is 16.9 Å². The van der Waals surface area contributed by atoms with Crippen LogP contribution in [0, 0.1) is 0 Å². The molecule has 0 spiro atoms. The summed E-state index contributed by atoms with van der Waals surface area (Å²) < 4.78 is 2.39. The molecule has 1 amide bonds. The number of rotatable bonds is 6. The summed E-state index contributed by atoms with van der Waals surface area (Å²) in [6.45, 7) is 2.01. The molecule has 0 unspecified atom stereocenters. The van der Waals surface area contributed by atoms with Crippen LogP contribution in [0.1, 0.15) is 29.3 Å². The summed E-state index contributed by atoms with van der Waals surface area (Å²) in [4.78, 5) is 18.1. The van der Waals surface area contributed by atoms with Gasteiger partial charge in [-0.1, -0.05) is 41.9 Å². The zero-order valence-electron chi connectivity index (χ0n) is 15.3. The Morgan fingerprint density at radius 2 is 2.04 bits per heavy atom. The van der Waals surface area contributed by atoms with Crippen molar-refractivity contribution in [3.8, 4) is 10.6 Å². The van der Waals surface area contributed by atoms with E-state index in [0.717, 1.165) is 23.4 Å². The first kappa shape index (κ1) is 18.7. The van der Waals surface area contributed by atoms with Gasteiger partial charge < -0.3 is 5.32 Å². The van der Waals surface area contributed by atoms with Gasteiger partial charge in [-0.2, -0.15) is 5.10 Å². The number of benzene rings is 1. The lowest BCUT2D eigenvalue weighted by molar-refractivity contribution is 0.0940. The molecule has 3 heterocycles. The molecule has 0 aliphatic heterocycles. The number of aromatic nitrogens is 3. The van der Waals surface area contributed by atoms with Crippen molar-refractivity contribution < 1.29 is 4.79 Å². The Bertz CT molecular complexity index is 1110. The van der Waals surface area contributed by atoms with Crippen LogP contribution in [0.3, 0.4) is 0 Å². The lowest BCUT2D eigenvalue weighted by Gasteiger charge is -2.13. The summed E-state index contributed by atoms with van der Waals surface area (Å²) in [7, 11) is 0. The fourth-order valence-electron chi connectivity index (χ4n) is 3.09. The van der Waals surface area contributed by atoms with Gasteiger partial charge in [-0.3, -0.25) is 4.79 Å². The molecule has 3 aromatic heterocycles. The Kier molecular flexibility index (Phi) is 5.41. The number of thiophene rings is 1. The summed E-state index contributed by atoms with van der Waals surface area (Å²) >= 11 is 7.52. The van der Waals surface area contributed by atoms with Crippen molar-refractivity contribution in [2.45, 2.75) is 25.8 Å². The van der Waals surface area contributed by atoms with Gasteiger partial charge in [0.25, 0.3) is 5.91 Å². The molecule has 1 aromatic carbocycles. The summed E-state index contributed by atoms with van der Waals surface area (Å²) in [5, 5.41) is 7.44. The predicted molar refractivity (Wildman–Crippen MR) is 113 cm³/mol. The van der Waals surface area contributed by atoms with Gasteiger partial charge in [-0.05, 0) is 43.5 Å². The Balaban J connectivity index is 1.50. The second-order valence-corrected chi connectivity index (χ2v) is 8.34. The Morgan fingerprint density at radius 3 is 2.79 bits per heavy atom. The molecule has 4 aromatic rings. The van der Waals surface area contributed by atoms with Crippen LogP contribution in [0.4, 0.5) is 0 Å². The monoisotopic (exact) mass is 410 g/mol. The van der Waals surface area contributed by atoms with E-state index in [1.807, 2.05) is 43.3 Å². The van der Waals surface area contributed by atoms with E-state index in [2.05, 4.69) is 27.5 Å². The maximum Gasteiger partial charge on any atom is 0.256 e. The number of hydrogen-bond donors (Lipinski definition) is 1. The van der Waals surface area contributed by atoms with E-state index in [-0.39, 0.29) is 11.9 Å². The maximum atomic E-state index is 12.8. The summed E-state index contributed by atoms with van der Waals surface area (Å²) in [6.07, 6.45) is 5.04. The van der Waals surface area contributed by atoms with E-state index in [0.29, 0.717) is 15.5 Å². The topological polar surface area (TPSA) is 59.3 Å². The van der Waals surface area contributed by atoms with Crippen molar-refractivity contribution >= 4 is 34.5 Å². The fourth-order valence-corrected chi connectivity index (χ4v) is 4.15. The molecule has 5 nitrogen and oxygen atoms in total. The van der Waals surface area contributed by atoms with Crippen molar-refractivity contribution in [1.29, 1.82) is 0 Å². The largest absolute Gasteiger partial charge is 0.349 e. The maximum absolute atomic E-state index is 12.8. The minimum absolute atomic E-state index is 0.0435. The number of nitrogens with one attached hydrogen (secondary N) is 1. The number of nitrogens with zero attached hydrogens (tertiary/aromatic N) is 3. The number of amides is 1. The van der Waals surface area contributed by atoms with Crippen LogP contribution < -0.4 is 5.32 Å². The second kappa shape index (κ2) is 8.12. The average Bonchev–Trinajstić information content (AvgIpc) is 3.33. The molecule has 0 fully saturated rings. The van der Waals surface area contributed by atoms with Crippen LogP contribution in [0.5, 0.6) is 0 Å². The fraction of sp³-hybridized carbons (Fsp3) is 0.190. The van der Waals surface area contributed by atoms with Crippen molar-refractivity contribution in [2.75, 3.05) is 0 Å². The highest BCUT2D eigenvalue weighted by Gasteiger charge is 2.18. The van der Waals surface area contributed by atoms with E-state index in [1.54, 1.807) is 16.9 Å². The van der Waals surface area contributed by atoms with Gasteiger partial charge in [0, 0.05) is 12.2 Å². The van der Waals surface area contributed by atoms with Gasteiger partial charge in [-0.25, -0.2) is 9.50 Å². The SMILES string of the molecule is C[C@@H](CCc1ccccc1)NC(=O)c1cnn2c(-c3ccc(Cl)s3)ccnc12. The summed E-state index contributed by atoms with van der Waals surface area (Å²) in [5.74, 6) is -0.163. The summed E-state index contributed by atoms with van der Waals surface area (Å²) in [5.41, 5.74) is 3.13. The molecule has 1 N–H and O–H groups in total. The molecule has 0 saturated heterocycles. The van der Waals surface area contributed by atoms with Crippen LogP contribution in [0.2, 0.25) is 4.34 Å². The van der Waals surface area contributed by atoms with Crippen molar-refractivity contribution in [2.24, 2.45) is 0 Å². The average molecular weight is 411 g/mol. The molecule has 1 atom stereocenters. The highest BCUT2D eigenvalue weighted by Crippen LogP contribution is 2.31. The molecule has 0 saturated carbocycles. The molecule has 0 aliphatic rings. The van der Waals surface area contributed by atoms with Gasteiger partial charge in [-0.15, -0.1) is 11.3 Å². The van der Waals surface area contributed by atoms with E-state index >= 15 is 0 Å². The van der Waals surface area contributed by atoms with Crippen molar-refractivity contribution in [3.63, 3.8) is 0 Å². The Morgan fingerprint density at radius 1 is 1.21 bits per heavy atom. The Hall–Kier alpha value is -2.70. The third kappa shape index (κ3) is 3.93. The number of carbonyl (C=O) groups excluding carboxylic acids is 1. The Labute approximate surface area is 172 Å². The summed E-state index contributed by atoms with van der Waals surface area (Å²) in [6, 6.07) is 16.0. The van der Waals surface area contributed by atoms with Crippen molar-refractivity contribution in [3.05, 3.63) is 76.4 Å². The molecular weight excluding hydrogens is 392 g/mol. The zero-order valence-corrected chi connectivity index (χ0v) is 16.9. The first-order valence-corrected chi connectivity index (χ1v) is 10.2. The zero-order chi connectivity index (χ0) is 19.5. The first-order valence-electron chi connectivity index (χ1n) is 9.05. The first-order chi connectivity index (χ1) is 13.6. The predicted octanol–water partition coefficient (Wildman–Crippen LogP) is 4.86. The lowest BCUT2D eigenvalue weighted by Crippen LogP contribution is -2.32. The standard InChI is InChI=1S/C21H19ClN4OS/c1-14(7-8-15-5-3-2-4-6-15)25-21(27)16-13-24-26-17(11-12-23-20(16)26)18-9-10-19(22)28-18/h2-6,9-14H,7-8H2,1H3,(H,25,27)/t14-/m0/s1. The minimum Gasteiger partial charge on any atom is -0.349 e. The van der Waals surface area contributed by atoms with Gasteiger partial charge in [0.15, 0.2) is 5.65 Å². The molecule has 28 heavy (non-hydrogen) atoms. The molecule has 0 bridgehead atoms. The van der Waals surface area contributed by atoms with Crippen LogP contribution in [-0.4, -0.2) is 26.5 Å². The molecule has 142 valence electrons. The third-order valence-corrected chi connectivity index (χ3v) is 5.81. The van der Waals surface area contributed by atoms with Gasteiger partial charge in [0.05, 0.1) is 21.1 Å². The normalized spacial score (nSPS) is 12.2. The molecule has 0 radical (unpaired) electrons. The quantitative estimate of drug-likeness (QED) is 0.493. The van der Waals surface area contributed by atoms with Crippen molar-refractivity contribution in [1.82, 2.24) is 19.9 Å². The minimum atomic E-state index is -0.163. The number of fused-ring (bicyclic) bond motifs is 1. The highest BCUT2D eigenvalue weighted by atomic mass is 35.5. The van der Waals surface area contributed by atoms with E-state index in [9.17, 15) is 4.79 Å². The van der Waals surface area contributed by atoms with Gasteiger partial charge in [0.2, 0.25) is 0 Å². The van der Waals surface area contributed by atoms with Crippen LogP contribution in [-0.2, 0) is 6.42 Å². The number of carbonyl (C=O) groups is 1. The molecule has 4 rings (SSSR count). The highest BCUT2D eigenvalue weighted by molar-refractivity contribution is 7.19. The smallest absolute Gasteiger partial charge is 0.256 e.